The average Bonchev–Trinajstić information content (AvgIpc) is 2.46. The average molecular weight is 313 g/mol. The van der Waals surface area contributed by atoms with E-state index in [-0.39, 0.29) is 0 Å². The second kappa shape index (κ2) is 6.39. The SMILES string of the molecule is CSC1(CNc2ccc(S(C)(=O)=O)cc2)CCCCC1. The molecule has 1 saturated carbocycles. The molecule has 1 fully saturated rings. The number of sulfone groups is 1. The van der Waals surface area contributed by atoms with E-state index in [1.807, 2.05) is 23.9 Å². The van der Waals surface area contributed by atoms with Crippen molar-refractivity contribution < 1.29 is 8.42 Å². The highest BCUT2D eigenvalue weighted by Crippen LogP contribution is 2.38. The van der Waals surface area contributed by atoms with Crippen molar-refractivity contribution in [3.63, 3.8) is 0 Å². The summed E-state index contributed by atoms with van der Waals surface area (Å²) in [4.78, 5) is 0.375. The van der Waals surface area contributed by atoms with Crippen LogP contribution in [0.15, 0.2) is 29.2 Å². The molecule has 20 heavy (non-hydrogen) atoms. The molecule has 1 N–H and O–H groups in total. The molecular weight excluding hydrogens is 290 g/mol. The van der Waals surface area contributed by atoms with Gasteiger partial charge in [0.25, 0.3) is 0 Å². The standard InChI is InChI=1S/C15H23NO2S2/c1-19-15(10-4-3-5-11-15)12-16-13-6-8-14(9-7-13)20(2,17)18/h6-9,16H,3-5,10-12H2,1-2H3. The van der Waals surface area contributed by atoms with Gasteiger partial charge in [-0.3, -0.25) is 0 Å². The first-order chi connectivity index (χ1) is 9.45. The number of thioether (sulfide) groups is 1. The first kappa shape index (κ1) is 15.7. The Morgan fingerprint density at radius 2 is 1.75 bits per heavy atom. The zero-order chi connectivity index (χ0) is 14.6. The summed E-state index contributed by atoms with van der Waals surface area (Å²) < 4.78 is 23.2. The second-order valence-electron chi connectivity index (χ2n) is 5.60. The van der Waals surface area contributed by atoms with Crippen LogP contribution in [0.1, 0.15) is 32.1 Å². The molecule has 1 aromatic carbocycles. The smallest absolute Gasteiger partial charge is 0.175 e. The van der Waals surface area contributed by atoms with Crippen LogP contribution in [0.4, 0.5) is 5.69 Å². The topological polar surface area (TPSA) is 46.2 Å². The van der Waals surface area contributed by atoms with E-state index in [2.05, 4.69) is 11.6 Å². The van der Waals surface area contributed by atoms with E-state index in [4.69, 9.17) is 0 Å². The fourth-order valence-corrected chi connectivity index (χ4v) is 4.28. The highest BCUT2D eigenvalue weighted by atomic mass is 32.2. The van der Waals surface area contributed by atoms with Crippen molar-refractivity contribution >= 4 is 27.3 Å². The van der Waals surface area contributed by atoms with Crippen molar-refractivity contribution in [1.82, 2.24) is 0 Å². The molecule has 1 aromatic rings. The van der Waals surface area contributed by atoms with Crippen molar-refractivity contribution in [1.29, 1.82) is 0 Å². The minimum absolute atomic E-state index is 0.341. The number of rotatable bonds is 5. The Morgan fingerprint density at radius 3 is 2.25 bits per heavy atom. The van der Waals surface area contributed by atoms with E-state index < -0.39 is 9.84 Å². The fourth-order valence-electron chi connectivity index (χ4n) is 2.73. The Hall–Kier alpha value is -0.680. The van der Waals surface area contributed by atoms with Crippen LogP contribution >= 0.6 is 11.8 Å². The number of nitrogens with one attached hydrogen (secondary N) is 1. The third kappa shape index (κ3) is 3.92. The van der Waals surface area contributed by atoms with Crippen LogP contribution < -0.4 is 5.32 Å². The van der Waals surface area contributed by atoms with Crippen molar-refractivity contribution in [3.8, 4) is 0 Å². The Kier molecular flexibility index (Phi) is 5.02. The van der Waals surface area contributed by atoms with Gasteiger partial charge in [-0.25, -0.2) is 8.42 Å². The van der Waals surface area contributed by atoms with Crippen LogP contribution in [0.5, 0.6) is 0 Å². The van der Waals surface area contributed by atoms with Gasteiger partial charge < -0.3 is 5.32 Å². The summed E-state index contributed by atoms with van der Waals surface area (Å²) in [5.74, 6) is 0. The van der Waals surface area contributed by atoms with Crippen molar-refractivity contribution in [2.45, 2.75) is 41.7 Å². The largest absolute Gasteiger partial charge is 0.384 e. The summed E-state index contributed by atoms with van der Waals surface area (Å²) in [6.07, 6.45) is 9.95. The first-order valence-electron chi connectivity index (χ1n) is 7.04. The lowest BCUT2D eigenvalue weighted by Gasteiger charge is -2.36. The lowest BCUT2D eigenvalue weighted by molar-refractivity contribution is 0.411. The molecule has 5 heteroatoms. The van der Waals surface area contributed by atoms with Gasteiger partial charge in [0.05, 0.1) is 4.90 Å². The molecule has 0 amide bonds. The van der Waals surface area contributed by atoms with E-state index in [9.17, 15) is 8.42 Å². The van der Waals surface area contributed by atoms with E-state index >= 15 is 0 Å². The van der Waals surface area contributed by atoms with Gasteiger partial charge in [-0.1, -0.05) is 19.3 Å². The van der Waals surface area contributed by atoms with E-state index in [1.54, 1.807) is 12.1 Å². The Morgan fingerprint density at radius 1 is 1.15 bits per heavy atom. The quantitative estimate of drug-likeness (QED) is 0.903. The highest BCUT2D eigenvalue weighted by Gasteiger charge is 2.30. The number of benzene rings is 1. The molecule has 2 rings (SSSR count). The zero-order valence-electron chi connectivity index (χ0n) is 12.2. The van der Waals surface area contributed by atoms with Crippen molar-refractivity contribution in [2.24, 2.45) is 0 Å². The van der Waals surface area contributed by atoms with E-state index in [0.717, 1.165) is 12.2 Å². The van der Waals surface area contributed by atoms with Gasteiger partial charge in [-0.15, -0.1) is 0 Å². The molecule has 112 valence electrons. The molecule has 0 aliphatic heterocycles. The fraction of sp³-hybridized carbons (Fsp3) is 0.600. The van der Waals surface area contributed by atoms with Gasteiger partial charge in [0.1, 0.15) is 0 Å². The summed E-state index contributed by atoms with van der Waals surface area (Å²) in [6.45, 7) is 0.951. The van der Waals surface area contributed by atoms with Crippen molar-refractivity contribution in [3.05, 3.63) is 24.3 Å². The Bertz CT molecular complexity index is 531. The maximum Gasteiger partial charge on any atom is 0.175 e. The third-order valence-electron chi connectivity index (χ3n) is 4.09. The molecule has 0 bridgehead atoms. The van der Waals surface area contributed by atoms with Crippen LogP contribution in [0, 0.1) is 0 Å². The Labute approximate surface area is 126 Å². The molecule has 0 atom stereocenters. The third-order valence-corrected chi connectivity index (χ3v) is 6.64. The van der Waals surface area contributed by atoms with Gasteiger partial charge in [-0.2, -0.15) is 11.8 Å². The van der Waals surface area contributed by atoms with Crippen LogP contribution in [0.2, 0.25) is 0 Å². The summed E-state index contributed by atoms with van der Waals surface area (Å²) in [7, 11) is -3.10. The maximum absolute atomic E-state index is 11.4. The summed E-state index contributed by atoms with van der Waals surface area (Å²) in [6, 6.07) is 7.05. The minimum atomic E-state index is -3.10. The normalized spacial score (nSPS) is 18.7. The summed E-state index contributed by atoms with van der Waals surface area (Å²) >= 11 is 1.96. The molecular formula is C15H23NO2S2. The summed E-state index contributed by atoms with van der Waals surface area (Å²) in [5, 5.41) is 3.47. The molecule has 0 saturated heterocycles. The predicted molar refractivity (Wildman–Crippen MR) is 87.4 cm³/mol. The molecule has 0 radical (unpaired) electrons. The molecule has 1 aliphatic rings. The second-order valence-corrected chi connectivity index (χ2v) is 8.89. The van der Waals surface area contributed by atoms with Crippen LogP contribution in [-0.4, -0.2) is 32.2 Å². The Balaban J connectivity index is 2.00. The predicted octanol–water partition coefficient (Wildman–Crippen LogP) is 3.57. The van der Waals surface area contributed by atoms with Gasteiger partial charge in [-0.05, 0) is 43.4 Å². The zero-order valence-corrected chi connectivity index (χ0v) is 13.8. The van der Waals surface area contributed by atoms with Crippen LogP contribution in [-0.2, 0) is 9.84 Å². The number of anilines is 1. The van der Waals surface area contributed by atoms with Crippen molar-refractivity contribution in [2.75, 3.05) is 24.4 Å². The molecule has 0 aromatic heterocycles. The van der Waals surface area contributed by atoms with Gasteiger partial charge >= 0.3 is 0 Å². The highest BCUT2D eigenvalue weighted by molar-refractivity contribution is 8.00. The number of hydrogen-bond acceptors (Lipinski definition) is 4. The molecule has 3 nitrogen and oxygen atoms in total. The van der Waals surface area contributed by atoms with Gasteiger partial charge in [0.15, 0.2) is 9.84 Å². The molecule has 1 aliphatic carbocycles. The molecule has 0 heterocycles. The summed E-state index contributed by atoms with van der Waals surface area (Å²) in [5.41, 5.74) is 0.997. The molecule has 0 spiro atoms. The number of hydrogen-bond donors (Lipinski definition) is 1. The van der Waals surface area contributed by atoms with Crippen LogP contribution in [0.3, 0.4) is 0 Å². The lowest BCUT2D eigenvalue weighted by atomic mass is 9.88. The van der Waals surface area contributed by atoms with E-state index in [0.29, 0.717) is 9.64 Å². The monoisotopic (exact) mass is 313 g/mol. The first-order valence-corrected chi connectivity index (χ1v) is 10.2. The van der Waals surface area contributed by atoms with Gasteiger partial charge in [0.2, 0.25) is 0 Å². The van der Waals surface area contributed by atoms with Gasteiger partial charge in [0, 0.05) is 23.2 Å². The lowest BCUT2D eigenvalue weighted by Crippen LogP contribution is -2.35. The maximum atomic E-state index is 11.4. The minimum Gasteiger partial charge on any atom is -0.384 e. The van der Waals surface area contributed by atoms with Crippen LogP contribution in [0.25, 0.3) is 0 Å². The molecule has 0 unspecified atom stereocenters. The van der Waals surface area contributed by atoms with E-state index in [1.165, 1.54) is 38.4 Å².